The highest BCUT2D eigenvalue weighted by Gasteiger charge is 2.26. The van der Waals surface area contributed by atoms with Crippen molar-refractivity contribution in [1.82, 2.24) is 0 Å². The minimum atomic E-state index is -0.280. The van der Waals surface area contributed by atoms with Gasteiger partial charge in [0.25, 0.3) is 0 Å². The molecule has 2 amide bonds. The maximum absolute atomic E-state index is 12.2. The smallest absolute Gasteiger partial charge is 0.308 e. The van der Waals surface area contributed by atoms with Crippen molar-refractivity contribution in [2.75, 3.05) is 10.6 Å². The van der Waals surface area contributed by atoms with Crippen LogP contribution in [-0.4, -0.2) is 12.0 Å². The van der Waals surface area contributed by atoms with E-state index in [0.29, 0.717) is 17.2 Å². The van der Waals surface area contributed by atoms with Crippen LogP contribution in [0, 0.1) is 11.3 Å². The fourth-order valence-corrected chi connectivity index (χ4v) is 3.63. The summed E-state index contributed by atoms with van der Waals surface area (Å²) in [5, 5.41) is 18.1. The second kappa shape index (κ2) is 8.33. The Morgan fingerprint density at radius 1 is 1.11 bits per heavy atom. The minimum absolute atomic E-state index is 0.280. The Kier molecular flexibility index (Phi) is 5.68. The predicted molar refractivity (Wildman–Crippen MR) is 109 cm³/mol. The lowest BCUT2D eigenvalue weighted by Crippen LogP contribution is -2.19. The first kappa shape index (κ1) is 18.4. The molecule has 0 atom stereocenters. The molecule has 2 aromatic carbocycles. The Balaban J connectivity index is 0.000000659. The van der Waals surface area contributed by atoms with E-state index in [-0.39, 0.29) is 6.03 Å². The normalized spacial score (nSPS) is 12.3. The highest BCUT2D eigenvalue weighted by Crippen LogP contribution is 2.42. The van der Waals surface area contributed by atoms with E-state index in [4.69, 9.17) is 4.79 Å². The maximum atomic E-state index is 12.2. The summed E-state index contributed by atoms with van der Waals surface area (Å²) >= 11 is 1.65. The van der Waals surface area contributed by atoms with Crippen LogP contribution < -0.4 is 10.6 Å². The molecule has 2 N–H and O–H groups in total. The van der Waals surface area contributed by atoms with Gasteiger partial charge in [0.2, 0.25) is 0 Å². The van der Waals surface area contributed by atoms with Crippen molar-refractivity contribution in [3.63, 3.8) is 0 Å². The molecule has 1 fully saturated rings. The first-order valence-electron chi connectivity index (χ1n) is 8.38. The van der Waals surface area contributed by atoms with E-state index in [0.717, 1.165) is 28.8 Å². The summed E-state index contributed by atoms with van der Waals surface area (Å²) in [4.78, 5) is 20.8. The zero-order valence-electron chi connectivity index (χ0n) is 14.5. The summed E-state index contributed by atoms with van der Waals surface area (Å²) in [6.07, 6.45) is 2.23. The van der Waals surface area contributed by atoms with Gasteiger partial charge in [0.05, 0.1) is 11.6 Å². The van der Waals surface area contributed by atoms with Gasteiger partial charge in [-0.25, -0.2) is 9.59 Å². The first-order chi connectivity index (χ1) is 13.1. The van der Waals surface area contributed by atoms with E-state index in [1.54, 1.807) is 23.5 Å². The topological polar surface area (TPSA) is 82.0 Å². The van der Waals surface area contributed by atoms with Gasteiger partial charge in [-0.3, -0.25) is 0 Å². The van der Waals surface area contributed by atoms with Crippen molar-refractivity contribution in [2.45, 2.75) is 18.8 Å². The number of nitriles is 1. The standard InChI is InChI=1S/C19H15N3OS.C2H2O/c20-11-14-4-6-15(9-17(14)12-1-2-12)21-19(23)22-16-5-3-13-7-8-24-18(13)10-16;1-2-3/h3-10,12H,1-2H2,(H2,21,22,23);1H2. The molecule has 4 rings (SSSR count). The molecule has 1 aliphatic carbocycles. The Bertz CT molecular complexity index is 1050. The average molecular weight is 375 g/mol. The summed E-state index contributed by atoms with van der Waals surface area (Å²) in [6.45, 7) is 2.68. The van der Waals surface area contributed by atoms with E-state index in [1.165, 1.54) is 11.3 Å². The Morgan fingerprint density at radius 2 is 1.78 bits per heavy atom. The molecule has 0 unspecified atom stereocenters. The summed E-state index contributed by atoms with van der Waals surface area (Å²) in [6, 6.07) is 15.3. The molecule has 27 heavy (non-hydrogen) atoms. The van der Waals surface area contributed by atoms with Crippen molar-refractivity contribution in [1.29, 1.82) is 5.26 Å². The highest BCUT2D eigenvalue weighted by molar-refractivity contribution is 7.17. The number of thiophene rings is 1. The van der Waals surface area contributed by atoms with Crippen LogP contribution in [0.1, 0.15) is 29.9 Å². The summed E-state index contributed by atoms with van der Waals surface area (Å²) in [5.41, 5.74) is 3.21. The lowest BCUT2D eigenvalue weighted by atomic mass is 10.0. The number of urea groups is 1. The molecule has 1 heterocycles. The van der Waals surface area contributed by atoms with E-state index in [2.05, 4.69) is 29.3 Å². The Morgan fingerprint density at radius 3 is 2.44 bits per heavy atom. The first-order valence-corrected chi connectivity index (χ1v) is 9.26. The zero-order chi connectivity index (χ0) is 19.2. The SMILES string of the molecule is C=C=O.N#Cc1ccc(NC(=O)Nc2ccc3ccsc3c2)cc1C1CC1. The fraction of sp³-hybridized carbons (Fsp3) is 0.143. The molecule has 3 aromatic rings. The molecule has 1 aromatic heterocycles. The van der Waals surface area contributed by atoms with Gasteiger partial charge in [0.1, 0.15) is 5.94 Å². The molecular formula is C21H17N3O2S. The van der Waals surface area contributed by atoms with Gasteiger partial charge < -0.3 is 10.6 Å². The van der Waals surface area contributed by atoms with Gasteiger partial charge in [-0.05, 0) is 78.1 Å². The van der Waals surface area contributed by atoms with Crippen LogP contribution in [0.3, 0.4) is 0 Å². The summed E-state index contributed by atoms with van der Waals surface area (Å²) < 4.78 is 1.14. The van der Waals surface area contributed by atoms with Crippen LogP contribution >= 0.6 is 11.3 Å². The number of carbonyl (C=O) groups is 1. The number of hydrogen-bond donors (Lipinski definition) is 2. The molecule has 134 valence electrons. The number of benzene rings is 2. The van der Waals surface area contributed by atoms with Crippen LogP contribution in [0.25, 0.3) is 10.1 Å². The number of nitrogens with zero attached hydrogens (tertiary/aromatic N) is 1. The van der Waals surface area contributed by atoms with Gasteiger partial charge in [-0.15, -0.1) is 11.3 Å². The Labute approximate surface area is 160 Å². The van der Waals surface area contributed by atoms with Crippen LogP contribution in [0.5, 0.6) is 0 Å². The molecule has 0 saturated heterocycles. The van der Waals surface area contributed by atoms with Crippen molar-refractivity contribution in [3.05, 3.63) is 65.6 Å². The number of anilines is 2. The van der Waals surface area contributed by atoms with Crippen LogP contribution in [0.4, 0.5) is 16.2 Å². The van der Waals surface area contributed by atoms with Crippen molar-refractivity contribution in [2.24, 2.45) is 0 Å². The second-order valence-corrected chi connectivity index (χ2v) is 7.03. The van der Waals surface area contributed by atoms with Gasteiger partial charge >= 0.3 is 6.03 Å². The second-order valence-electron chi connectivity index (χ2n) is 6.08. The highest BCUT2D eigenvalue weighted by atomic mass is 32.1. The quantitative estimate of drug-likeness (QED) is 0.610. The number of hydrogen-bond acceptors (Lipinski definition) is 4. The average Bonchev–Trinajstić information content (AvgIpc) is 3.40. The third-order valence-electron chi connectivity index (χ3n) is 4.16. The van der Waals surface area contributed by atoms with E-state index >= 15 is 0 Å². The van der Waals surface area contributed by atoms with Crippen LogP contribution in [-0.2, 0) is 4.79 Å². The molecule has 1 aliphatic rings. The monoisotopic (exact) mass is 375 g/mol. The molecule has 0 spiro atoms. The maximum Gasteiger partial charge on any atom is 0.323 e. The largest absolute Gasteiger partial charge is 0.323 e. The molecule has 0 aliphatic heterocycles. The number of amides is 2. The summed E-state index contributed by atoms with van der Waals surface area (Å²) in [5.74, 6) is 1.71. The molecule has 0 bridgehead atoms. The van der Waals surface area contributed by atoms with Gasteiger partial charge in [0.15, 0.2) is 0 Å². The Hall–Kier alpha value is -3.39. The minimum Gasteiger partial charge on any atom is -0.308 e. The van der Waals surface area contributed by atoms with Gasteiger partial charge in [0, 0.05) is 16.1 Å². The van der Waals surface area contributed by atoms with E-state index < -0.39 is 0 Å². The third-order valence-corrected chi connectivity index (χ3v) is 5.04. The van der Waals surface area contributed by atoms with E-state index in [1.807, 2.05) is 29.6 Å². The van der Waals surface area contributed by atoms with Gasteiger partial charge in [-0.1, -0.05) is 6.07 Å². The molecule has 6 heteroatoms. The zero-order valence-corrected chi connectivity index (χ0v) is 15.3. The number of fused-ring (bicyclic) bond motifs is 1. The lowest BCUT2D eigenvalue weighted by Gasteiger charge is -2.10. The van der Waals surface area contributed by atoms with Crippen LogP contribution in [0.2, 0.25) is 0 Å². The fourth-order valence-electron chi connectivity index (χ4n) is 2.80. The third kappa shape index (κ3) is 4.62. The molecule has 0 radical (unpaired) electrons. The van der Waals surface area contributed by atoms with Gasteiger partial charge in [-0.2, -0.15) is 5.26 Å². The van der Waals surface area contributed by atoms with Crippen LogP contribution in [0.15, 0.2) is 54.4 Å². The molecule has 1 saturated carbocycles. The van der Waals surface area contributed by atoms with E-state index in [9.17, 15) is 10.1 Å². The van der Waals surface area contributed by atoms with Crippen molar-refractivity contribution >= 4 is 44.8 Å². The number of carbonyl (C=O) groups excluding carboxylic acids is 2. The number of rotatable bonds is 3. The van der Waals surface area contributed by atoms with Crippen molar-refractivity contribution in [3.8, 4) is 6.07 Å². The summed E-state index contributed by atoms with van der Waals surface area (Å²) in [7, 11) is 0. The number of nitrogens with one attached hydrogen (secondary N) is 2. The molecule has 5 nitrogen and oxygen atoms in total. The lowest BCUT2D eigenvalue weighted by molar-refractivity contribution is 0.262. The van der Waals surface area contributed by atoms with Crippen molar-refractivity contribution < 1.29 is 9.59 Å². The predicted octanol–water partition coefficient (Wildman–Crippen LogP) is 5.30. The molecular weight excluding hydrogens is 358 g/mol.